The third-order valence-electron chi connectivity index (χ3n) is 8.28. The molecule has 0 aliphatic carbocycles. The summed E-state index contributed by atoms with van der Waals surface area (Å²) in [6, 6.07) is 10.4. The molecule has 2 aliphatic rings. The van der Waals surface area contributed by atoms with Crippen molar-refractivity contribution in [3.05, 3.63) is 77.6 Å². The van der Waals surface area contributed by atoms with E-state index in [9.17, 15) is 37.1 Å². The van der Waals surface area contributed by atoms with Crippen LogP contribution in [-0.4, -0.2) is 118 Å². The molecule has 3 aromatic rings. The van der Waals surface area contributed by atoms with E-state index in [-0.39, 0.29) is 61.2 Å². The molecule has 0 radical (unpaired) electrons. The quantitative estimate of drug-likeness (QED) is 0.105. The van der Waals surface area contributed by atoms with E-state index >= 15 is 0 Å². The first-order valence-corrected chi connectivity index (χ1v) is 18.0. The minimum atomic E-state index is -4.53. The van der Waals surface area contributed by atoms with Gasteiger partial charge in [0.05, 0.1) is 69.1 Å². The van der Waals surface area contributed by atoms with E-state index in [0.29, 0.717) is 76.9 Å². The summed E-state index contributed by atoms with van der Waals surface area (Å²) in [6.07, 6.45) is -1.95. The largest absolute Gasteiger partial charge is 0.491 e. The Labute approximate surface area is 324 Å². The third kappa shape index (κ3) is 13.0. The van der Waals surface area contributed by atoms with Crippen LogP contribution < -0.4 is 24.8 Å². The Morgan fingerprint density at radius 2 is 1.35 bits per heavy atom. The van der Waals surface area contributed by atoms with Crippen LogP contribution >= 0.6 is 0 Å². The van der Waals surface area contributed by atoms with Crippen LogP contribution in [0.1, 0.15) is 45.5 Å². The van der Waals surface area contributed by atoms with Crippen molar-refractivity contribution in [2.45, 2.75) is 31.5 Å². The first-order chi connectivity index (χ1) is 27.5. The second-order valence-electron chi connectivity index (χ2n) is 12.4. The van der Waals surface area contributed by atoms with Crippen LogP contribution in [0.4, 0.5) is 13.2 Å². The average Bonchev–Trinajstić information content (AvgIpc) is 3.43. The van der Waals surface area contributed by atoms with Gasteiger partial charge in [-0.15, -0.1) is 0 Å². The van der Waals surface area contributed by atoms with Crippen LogP contribution in [0.25, 0.3) is 0 Å². The summed E-state index contributed by atoms with van der Waals surface area (Å²) in [5.41, 5.74) is -0.617. The number of benzene rings is 2. The van der Waals surface area contributed by atoms with Crippen molar-refractivity contribution >= 4 is 29.5 Å². The number of ether oxygens (including phenoxy) is 7. The zero-order valence-corrected chi connectivity index (χ0v) is 30.7. The lowest BCUT2D eigenvalue weighted by Crippen LogP contribution is -2.54. The highest BCUT2D eigenvalue weighted by Crippen LogP contribution is 2.33. The smallest absolute Gasteiger partial charge is 0.418 e. The molecule has 19 heteroatoms. The van der Waals surface area contributed by atoms with Gasteiger partial charge in [0.25, 0.3) is 17.7 Å². The van der Waals surface area contributed by atoms with E-state index in [1.807, 2.05) is 0 Å². The van der Waals surface area contributed by atoms with Crippen molar-refractivity contribution in [1.29, 1.82) is 0 Å². The standard InChI is InChI=1S/C38H41F3N4O12/c39-38(40,41)25-20-29(23-42-22-25)57-27-4-2-26(3-5-27)56-24-34(47)43-10-1-11-51-12-13-52-14-15-53-16-17-54-18-19-55-28-6-7-30-31(21-28)37(50)45(36(30)49)32-8-9-33(46)44-35(32)48/h2-7,20-23,32H,1,8-19,24H2,(H,43,47)(H,44,46,48). The van der Waals surface area contributed by atoms with Crippen molar-refractivity contribution in [1.82, 2.24) is 20.5 Å². The van der Waals surface area contributed by atoms with Gasteiger partial charge in [0.1, 0.15) is 35.6 Å². The normalized spacial score (nSPS) is 15.4. The number of piperidine rings is 1. The Morgan fingerprint density at radius 1 is 0.737 bits per heavy atom. The zero-order valence-electron chi connectivity index (χ0n) is 30.7. The fraction of sp³-hybridized carbons (Fsp3) is 0.421. The number of nitrogens with one attached hydrogen (secondary N) is 2. The number of fused-ring (bicyclic) bond motifs is 1. The number of nitrogens with zero attached hydrogens (tertiary/aromatic N) is 2. The summed E-state index contributed by atoms with van der Waals surface area (Å²) in [5.74, 6) is -1.68. The van der Waals surface area contributed by atoms with Crippen LogP contribution in [0, 0.1) is 0 Å². The van der Waals surface area contributed by atoms with E-state index in [4.69, 9.17) is 33.2 Å². The number of alkyl halides is 3. The number of hydrogen-bond acceptors (Lipinski definition) is 13. The highest BCUT2D eigenvalue weighted by atomic mass is 19.4. The molecule has 0 bridgehead atoms. The molecule has 1 aromatic heterocycles. The summed E-state index contributed by atoms with van der Waals surface area (Å²) >= 11 is 0. The molecule has 1 saturated heterocycles. The number of aromatic nitrogens is 1. The van der Waals surface area contributed by atoms with E-state index in [1.54, 1.807) is 6.07 Å². The SMILES string of the molecule is O=C(COc1ccc(Oc2cncc(C(F)(F)F)c2)cc1)NCCCOCCOCCOCCOCCOc1ccc2c(c1)C(=O)N(C1CCC(=O)NC1=O)C2=O. The van der Waals surface area contributed by atoms with Crippen molar-refractivity contribution < 1.29 is 70.3 Å². The molecule has 0 saturated carbocycles. The molecule has 5 amide bonds. The highest BCUT2D eigenvalue weighted by Gasteiger charge is 2.44. The first-order valence-electron chi connectivity index (χ1n) is 18.0. The second kappa shape index (κ2) is 21.1. The van der Waals surface area contributed by atoms with Gasteiger partial charge in [0, 0.05) is 25.8 Å². The lowest BCUT2D eigenvalue weighted by molar-refractivity contribution is -0.138. The maximum atomic E-state index is 12.9. The number of halogens is 3. The van der Waals surface area contributed by atoms with E-state index in [0.717, 1.165) is 11.0 Å². The van der Waals surface area contributed by atoms with E-state index in [1.165, 1.54) is 42.6 Å². The third-order valence-corrected chi connectivity index (χ3v) is 8.28. The zero-order chi connectivity index (χ0) is 40.6. The van der Waals surface area contributed by atoms with Crippen LogP contribution in [0.3, 0.4) is 0 Å². The van der Waals surface area contributed by atoms with Crippen molar-refractivity contribution in [3.8, 4) is 23.0 Å². The molecular formula is C38H41F3N4O12. The highest BCUT2D eigenvalue weighted by molar-refractivity contribution is 6.23. The lowest BCUT2D eigenvalue weighted by Gasteiger charge is -2.27. The van der Waals surface area contributed by atoms with E-state index in [2.05, 4.69) is 15.6 Å². The molecule has 2 aliphatic heterocycles. The van der Waals surface area contributed by atoms with Gasteiger partial charge in [-0.25, -0.2) is 0 Å². The summed E-state index contributed by atoms with van der Waals surface area (Å²) in [6.45, 7) is 3.15. The van der Waals surface area contributed by atoms with Gasteiger partial charge in [0.2, 0.25) is 11.8 Å². The lowest BCUT2D eigenvalue weighted by atomic mass is 10.0. The van der Waals surface area contributed by atoms with Gasteiger partial charge < -0.3 is 38.5 Å². The Morgan fingerprint density at radius 3 is 2.02 bits per heavy atom. The Kier molecular flexibility index (Phi) is 15.7. The van der Waals surface area contributed by atoms with Gasteiger partial charge in [-0.05, 0) is 61.4 Å². The van der Waals surface area contributed by atoms with Gasteiger partial charge in [-0.2, -0.15) is 13.2 Å². The van der Waals surface area contributed by atoms with Crippen LogP contribution in [0.5, 0.6) is 23.0 Å². The van der Waals surface area contributed by atoms with Gasteiger partial charge in [-0.1, -0.05) is 0 Å². The van der Waals surface area contributed by atoms with Gasteiger partial charge in [0.15, 0.2) is 6.61 Å². The van der Waals surface area contributed by atoms with Gasteiger partial charge >= 0.3 is 6.18 Å². The molecule has 1 fully saturated rings. The minimum absolute atomic E-state index is 0.0436. The predicted octanol–water partition coefficient (Wildman–Crippen LogP) is 3.32. The summed E-state index contributed by atoms with van der Waals surface area (Å²) < 4.78 is 77.0. The van der Waals surface area contributed by atoms with E-state index < -0.39 is 41.4 Å². The van der Waals surface area contributed by atoms with Crippen LogP contribution in [-0.2, 0) is 39.5 Å². The Balaban J connectivity index is 0.803. The molecule has 16 nitrogen and oxygen atoms in total. The number of carbonyl (C=O) groups is 5. The van der Waals surface area contributed by atoms with Crippen molar-refractivity contribution in [2.75, 3.05) is 72.6 Å². The molecule has 2 N–H and O–H groups in total. The molecule has 3 heterocycles. The average molecular weight is 803 g/mol. The fourth-order valence-corrected chi connectivity index (χ4v) is 5.49. The molecule has 1 unspecified atom stereocenters. The first kappa shape index (κ1) is 42.5. The molecule has 1 atom stereocenters. The van der Waals surface area contributed by atoms with Crippen molar-refractivity contribution in [2.24, 2.45) is 0 Å². The maximum Gasteiger partial charge on any atom is 0.418 e. The number of hydrogen-bond donors (Lipinski definition) is 2. The molecule has 2 aromatic carbocycles. The molecule has 306 valence electrons. The maximum absolute atomic E-state index is 12.9. The molecular weight excluding hydrogens is 761 g/mol. The fourth-order valence-electron chi connectivity index (χ4n) is 5.49. The Hall–Kier alpha value is -5.63. The topological polar surface area (TPSA) is 190 Å². The molecule has 5 rings (SSSR count). The van der Waals surface area contributed by atoms with Gasteiger partial charge in [-0.3, -0.25) is 39.2 Å². The summed E-state index contributed by atoms with van der Waals surface area (Å²) in [5, 5.41) is 4.88. The predicted molar refractivity (Wildman–Crippen MR) is 191 cm³/mol. The number of amides is 5. The van der Waals surface area contributed by atoms with Crippen LogP contribution in [0.15, 0.2) is 60.9 Å². The summed E-state index contributed by atoms with van der Waals surface area (Å²) in [7, 11) is 0. The van der Waals surface area contributed by atoms with Crippen molar-refractivity contribution in [3.63, 3.8) is 0 Å². The number of rotatable bonds is 23. The number of carbonyl (C=O) groups excluding carboxylic acids is 5. The second-order valence-corrected chi connectivity index (χ2v) is 12.4. The monoisotopic (exact) mass is 802 g/mol. The summed E-state index contributed by atoms with van der Waals surface area (Å²) in [4.78, 5) is 65.9. The van der Waals surface area contributed by atoms with Crippen LogP contribution in [0.2, 0.25) is 0 Å². The Bertz CT molecular complexity index is 1860. The molecule has 57 heavy (non-hydrogen) atoms. The number of imide groups is 2. The number of pyridine rings is 1. The molecule has 0 spiro atoms. The minimum Gasteiger partial charge on any atom is -0.491 e.